The number of rotatable bonds is 5. The summed E-state index contributed by atoms with van der Waals surface area (Å²) >= 11 is 0. The van der Waals surface area contributed by atoms with E-state index in [9.17, 15) is 9.59 Å². The molecule has 0 spiro atoms. The van der Waals surface area contributed by atoms with Crippen molar-refractivity contribution in [1.82, 2.24) is 5.32 Å². The van der Waals surface area contributed by atoms with Crippen LogP contribution in [0.4, 0.5) is 5.69 Å². The zero-order valence-corrected chi connectivity index (χ0v) is 14.1. The maximum Gasteiger partial charge on any atom is 0.239 e. The van der Waals surface area contributed by atoms with Gasteiger partial charge in [0.15, 0.2) is 0 Å². The van der Waals surface area contributed by atoms with Gasteiger partial charge in [0.1, 0.15) is 5.41 Å². The van der Waals surface area contributed by atoms with E-state index in [1.54, 1.807) is 13.8 Å². The summed E-state index contributed by atoms with van der Waals surface area (Å²) in [6, 6.07) is 6.23. The molecule has 4 heteroatoms. The second kappa shape index (κ2) is 6.11. The number of para-hydroxylation sites is 1. The van der Waals surface area contributed by atoms with Crippen LogP contribution in [0.5, 0.6) is 0 Å². The minimum absolute atomic E-state index is 0.202. The Kier molecular flexibility index (Phi) is 4.59. The van der Waals surface area contributed by atoms with Gasteiger partial charge in [0.05, 0.1) is 0 Å². The molecule has 120 valence electrons. The van der Waals surface area contributed by atoms with Gasteiger partial charge in [0.25, 0.3) is 0 Å². The molecule has 4 nitrogen and oxygen atoms in total. The number of amides is 2. The molecule has 0 aromatic heterocycles. The van der Waals surface area contributed by atoms with Crippen molar-refractivity contribution >= 4 is 17.5 Å². The predicted molar refractivity (Wildman–Crippen MR) is 88.8 cm³/mol. The van der Waals surface area contributed by atoms with Crippen molar-refractivity contribution in [2.45, 2.75) is 59.4 Å². The maximum absolute atomic E-state index is 12.6. The average molecular weight is 302 g/mol. The first-order chi connectivity index (χ1) is 10.2. The summed E-state index contributed by atoms with van der Waals surface area (Å²) in [6.45, 7) is 9.50. The number of hydrogen-bond donors (Lipinski definition) is 2. The highest BCUT2D eigenvalue weighted by molar-refractivity contribution is 6.10. The third kappa shape index (κ3) is 3.49. The van der Waals surface area contributed by atoms with E-state index in [1.807, 2.05) is 25.1 Å². The van der Waals surface area contributed by atoms with E-state index in [2.05, 4.69) is 24.5 Å². The lowest BCUT2D eigenvalue weighted by atomic mass is 9.90. The van der Waals surface area contributed by atoms with Gasteiger partial charge in [-0.05, 0) is 50.7 Å². The summed E-state index contributed by atoms with van der Waals surface area (Å²) in [7, 11) is 0. The molecule has 1 aromatic rings. The van der Waals surface area contributed by atoms with Crippen molar-refractivity contribution in [3.63, 3.8) is 0 Å². The highest BCUT2D eigenvalue weighted by atomic mass is 16.2. The predicted octanol–water partition coefficient (Wildman–Crippen LogP) is 3.36. The molecule has 1 aliphatic carbocycles. The molecule has 0 heterocycles. The largest absolute Gasteiger partial charge is 0.352 e. The van der Waals surface area contributed by atoms with Crippen molar-refractivity contribution < 1.29 is 9.59 Å². The van der Waals surface area contributed by atoms with Crippen LogP contribution >= 0.6 is 0 Å². The number of carbonyl (C=O) groups is 2. The van der Waals surface area contributed by atoms with Gasteiger partial charge in [-0.1, -0.05) is 32.0 Å². The highest BCUT2D eigenvalue weighted by Crippen LogP contribution is 2.30. The van der Waals surface area contributed by atoms with Crippen molar-refractivity contribution in [2.75, 3.05) is 5.32 Å². The molecule has 1 saturated carbocycles. The topological polar surface area (TPSA) is 58.2 Å². The van der Waals surface area contributed by atoms with Gasteiger partial charge in [-0.25, -0.2) is 0 Å². The van der Waals surface area contributed by atoms with Crippen LogP contribution in [0.3, 0.4) is 0 Å². The molecule has 0 unspecified atom stereocenters. The summed E-state index contributed by atoms with van der Waals surface area (Å²) in [4.78, 5) is 24.9. The van der Waals surface area contributed by atoms with Crippen molar-refractivity contribution in [3.8, 4) is 0 Å². The molecule has 0 aliphatic heterocycles. The highest BCUT2D eigenvalue weighted by Gasteiger charge is 2.39. The standard InChI is InChI=1S/C18H26N2O2/c1-11(2)14-8-6-7-12(3)15(14)20-17(22)18(4,5)16(21)19-13-9-10-13/h6-8,11,13H,9-10H2,1-5H3,(H,19,21)(H,20,22). The van der Waals surface area contributed by atoms with Gasteiger partial charge in [-0.2, -0.15) is 0 Å². The molecule has 1 fully saturated rings. The van der Waals surface area contributed by atoms with Crippen LogP contribution < -0.4 is 10.6 Å². The quantitative estimate of drug-likeness (QED) is 0.819. The average Bonchev–Trinajstić information content (AvgIpc) is 3.24. The first-order valence-electron chi connectivity index (χ1n) is 7.95. The maximum atomic E-state index is 12.6. The monoisotopic (exact) mass is 302 g/mol. The second-order valence-corrected chi connectivity index (χ2v) is 7.02. The minimum Gasteiger partial charge on any atom is -0.352 e. The summed E-state index contributed by atoms with van der Waals surface area (Å²) in [5.74, 6) is -0.160. The van der Waals surface area contributed by atoms with Crippen LogP contribution in [-0.4, -0.2) is 17.9 Å². The summed E-state index contributed by atoms with van der Waals surface area (Å²) in [6.07, 6.45) is 2.03. The Labute approximate surface area is 132 Å². The van der Waals surface area contributed by atoms with Crippen LogP contribution in [0.2, 0.25) is 0 Å². The van der Waals surface area contributed by atoms with Gasteiger partial charge in [-0.3, -0.25) is 9.59 Å². The fourth-order valence-corrected chi connectivity index (χ4v) is 2.31. The molecular formula is C18H26N2O2. The Balaban J connectivity index is 2.19. The van der Waals surface area contributed by atoms with Gasteiger partial charge in [-0.15, -0.1) is 0 Å². The van der Waals surface area contributed by atoms with Crippen LogP contribution in [0.15, 0.2) is 18.2 Å². The first-order valence-corrected chi connectivity index (χ1v) is 7.95. The number of hydrogen-bond acceptors (Lipinski definition) is 2. The third-order valence-corrected chi connectivity index (χ3v) is 4.21. The molecule has 0 saturated heterocycles. The van der Waals surface area contributed by atoms with Gasteiger partial charge < -0.3 is 10.6 Å². The lowest BCUT2D eigenvalue weighted by Crippen LogP contribution is -2.46. The van der Waals surface area contributed by atoms with E-state index < -0.39 is 5.41 Å². The Morgan fingerprint density at radius 2 is 1.82 bits per heavy atom. The third-order valence-electron chi connectivity index (χ3n) is 4.21. The lowest BCUT2D eigenvalue weighted by Gasteiger charge is -2.25. The normalized spacial score (nSPS) is 14.8. The lowest BCUT2D eigenvalue weighted by molar-refractivity contribution is -0.138. The number of aryl methyl sites for hydroxylation is 1. The van der Waals surface area contributed by atoms with Gasteiger partial charge in [0, 0.05) is 11.7 Å². The van der Waals surface area contributed by atoms with Crippen LogP contribution in [0, 0.1) is 12.3 Å². The molecular weight excluding hydrogens is 276 g/mol. The van der Waals surface area contributed by atoms with Crippen LogP contribution in [-0.2, 0) is 9.59 Å². The molecule has 1 aliphatic rings. The van der Waals surface area contributed by atoms with E-state index in [-0.39, 0.29) is 17.9 Å². The number of nitrogens with one attached hydrogen (secondary N) is 2. The fourth-order valence-electron chi connectivity index (χ4n) is 2.31. The van der Waals surface area contributed by atoms with E-state index in [1.165, 1.54) is 0 Å². The Hall–Kier alpha value is -1.84. The number of carbonyl (C=O) groups excluding carboxylic acids is 2. The van der Waals surface area contributed by atoms with Crippen molar-refractivity contribution in [3.05, 3.63) is 29.3 Å². The second-order valence-electron chi connectivity index (χ2n) is 7.02. The van der Waals surface area contributed by atoms with Gasteiger partial charge >= 0.3 is 0 Å². The molecule has 2 rings (SSSR count). The van der Waals surface area contributed by atoms with E-state index in [0.29, 0.717) is 5.92 Å². The van der Waals surface area contributed by atoms with E-state index in [0.717, 1.165) is 29.7 Å². The summed E-state index contributed by atoms with van der Waals surface area (Å²) < 4.78 is 0. The molecule has 0 radical (unpaired) electrons. The fraction of sp³-hybridized carbons (Fsp3) is 0.556. The Bertz CT molecular complexity index is 587. The van der Waals surface area contributed by atoms with E-state index >= 15 is 0 Å². The SMILES string of the molecule is Cc1cccc(C(C)C)c1NC(=O)C(C)(C)C(=O)NC1CC1. The van der Waals surface area contributed by atoms with Gasteiger partial charge in [0.2, 0.25) is 11.8 Å². The molecule has 22 heavy (non-hydrogen) atoms. The smallest absolute Gasteiger partial charge is 0.239 e. The van der Waals surface area contributed by atoms with Crippen LogP contribution in [0.25, 0.3) is 0 Å². The molecule has 2 N–H and O–H groups in total. The zero-order valence-electron chi connectivity index (χ0n) is 14.1. The Morgan fingerprint density at radius 1 is 1.18 bits per heavy atom. The first kappa shape index (κ1) is 16.5. The molecule has 0 atom stereocenters. The molecule has 0 bridgehead atoms. The Morgan fingerprint density at radius 3 is 2.36 bits per heavy atom. The molecule has 2 amide bonds. The summed E-state index contributed by atoms with van der Waals surface area (Å²) in [5.41, 5.74) is 1.85. The van der Waals surface area contributed by atoms with Crippen molar-refractivity contribution in [1.29, 1.82) is 0 Å². The summed E-state index contributed by atoms with van der Waals surface area (Å²) in [5, 5.41) is 5.89. The number of anilines is 1. The zero-order chi connectivity index (χ0) is 16.5. The molecule has 1 aromatic carbocycles. The number of benzene rings is 1. The van der Waals surface area contributed by atoms with Crippen molar-refractivity contribution in [2.24, 2.45) is 5.41 Å². The minimum atomic E-state index is -1.08. The van der Waals surface area contributed by atoms with Crippen LogP contribution in [0.1, 0.15) is 57.6 Å². The van der Waals surface area contributed by atoms with E-state index in [4.69, 9.17) is 0 Å².